The molecule has 1 amide bonds. The number of aromatic nitrogens is 2. The number of carbonyl (C=O) groups excluding carboxylic acids is 1. The van der Waals surface area contributed by atoms with Gasteiger partial charge in [0.05, 0.1) is 17.0 Å². The van der Waals surface area contributed by atoms with E-state index in [0.29, 0.717) is 5.95 Å². The lowest BCUT2D eigenvalue weighted by Gasteiger charge is -2.21. The van der Waals surface area contributed by atoms with Gasteiger partial charge in [-0.3, -0.25) is 10.1 Å². The molecule has 0 radical (unpaired) electrons. The maximum absolute atomic E-state index is 12.0. The number of hydrogen-bond donors (Lipinski definition) is 3. The van der Waals surface area contributed by atoms with Gasteiger partial charge in [0, 0.05) is 6.54 Å². The Morgan fingerprint density at radius 1 is 1.39 bits per heavy atom. The molecule has 1 saturated heterocycles. The van der Waals surface area contributed by atoms with Crippen LogP contribution in [0.25, 0.3) is 11.0 Å². The largest absolute Gasteiger partial charge is 0.324 e. The topological polar surface area (TPSA) is 69.8 Å². The fourth-order valence-corrected chi connectivity index (χ4v) is 2.31. The molecule has 0 spiro atoms. The van der Waals surface area contributed by atoms with E-state index in [2.05, 4.69) is 20.6 Å². The Kier molecular flexibility index (Phi) is 2.98. The molecule has 2 aromatic rings. The van der Waals surface area contributed by atoms with Crippen molar-refractivity contribution in [3.8, 4) is 0 Å². The number of H-pyrrole nitrogens is 1. The summed E-state index contributed by atoms with van der Waals surface area (Å²) in [5.74, 6) is 0.625. The van der Waals surface area contributed by atoms with Crippen LogP contribution < -0.4 is 10.6 Å². The molecule has 1 aromatic carbocycles. The number of nitrogens with one attached hydrogen (secondary N) is 3. The monoisotopic (exact) mass is 244 g/mol. The molecule has 0 saturated carbocycles. The summed E-state index contributed by atoms with van der Waals surface area (Å²) in [4.78, 5) is 19.5. The normalized spacial score (nSPS) is 19.9. The zero-order chi connectivity index (χ0) is 12.4. The van der Waals surface area contributed by atoms with E-state index in [0.717, 1.165) is 37.0 Å². The highest BCUT2D eigenvalue weighted by Crippen LogP contribution is 2.16. The summed E-state index contributed by atoms with van der Waals surface area (Å²) < 4.78 is 0. The predicted molar refractivity (Wildman–Crippen MR) is 70.3 cm³/mol. The highest BCUT2D eigenvalue weighted by atomic mass is 16.2. The van der Waals surface area contributed by atoms with Gasteiger partial charge in [-0.15, -0.1) is 0 Å². The molecule has 1 atom stereocenters. The van der Waals surface area contributed by atoms with Crippen molar-refractivity contribution in [2.24, 2.45) is 5.92 Å². The molecular weight excluding hydrogens is 228 g/mol. The van der Waals surface area contributed by atoms with Crippen LogP contribution in [0.3, 0.4) is 0 Å². The molecule has 0 aliphatic carbocycles. The number of aromatic amines is 1. The van der Waals surface area contributed by atoms with Crippen molar-refractivity contribution >= 4 is 22.9 Å². The number of amides is 1. The number of piperidine rings is 1. The number of hydrogen-bond acceptors (Lipinski definition) is 3. The van der Waals surface area contributed by atoms with E-state index in [1.165, 1.54) is 0 Å². The Balaban J connectivity index is 1.73. The van der Waals surface area contributed by atoms with Crippen molar-refractivity contribution < 1.29 is 4.79 Å². The van der Waals surface area contributed by atoms with Gasteiger partial charge >= 0.3 is 0 Å². The SMILES string of the molecule is O=C(Nc1nc2ccccc2[nH]1)[C@@H]1CCCNC1. The first-order chi connectivity index (χ1) is 8.83. The standard InChI is InChI=1S/C13H16N4O/c18-12(9-4-3-7-14-8-9)17-13-15-10-5-1-2-6-11(10)16-13/h1-2,5-6,9,14H,3-4,7-8H2,(H2,15,16,17,18)/t9-/m1/s1. The first-order valence-electron chi connectivity index (χ1n) is 6.29. The minimum atomic E-state index is 0.0428. The van der Waals surface area contributed by atoms with E-state index in [4.69, 9.17) is 0 Å². The van der Waals surface area contributed by atoms with Crippen LogP contribution in [0.15, 0.2) is 24.3 Å². The van der Waals surface area contributed by atoms with E-state index in [9.17, 15) is 4.79 Å². The van der Waals surface area contributed by atoms with Gasteiger partial charge in [0.1, 0.15) is 0 Å². The molecule has 1 aliphatic rings. The van der Waals surface area contributed by atoms with Gasteiger partial charge in [-0.05, 0) is 31.5 Å². The molecule has 2 heterocycles. The van der Waals surface area contributed by atoms with Gasteiger partial charge in [-0.25, -0.2) is 4.98 Å². The Labute approximate surface area is 105 Å². The van der Waals surface area contributed by atoms with Gasteiger partial charge < -0.3 is 10.3 Å². The van der Waals surface area contributed by atoms with Crippen molar-refractivity contribution in [1.29, 1.82) is 0 Å². The number of fused-ring (bicyclic) bond motifs is 1. The zero-order valence-corrected chi connectivity index (χ0v) is 10.1. The molecule has 1 aliphatic heterocycles. The molecule has 1 aromatic heterocycles. The molecular formula is C13H16N4O. The number of benzene rings is 1. The molecule has 1 fully saturated rings. The molecule has 5 nitrogen and oxygen atoms in total. The molecule has 0 unspecified atom stereocenters. The number of rotatable bonds is 2. The van der Waals surface area contributed by atoms with Crippen molar-refractivity contribution in [2.45, 2.75) is 12.8 Å². The van der Waals surface area contributed by atoms with Crippen molar-refractivity contribution in [2.75, 3.05) is 18.4 Å². The number of carbonyl (C=O) groups is 1. The number of imidazole rings is 1. The second-order valence-corrected chi connectivity index (χ2v) is 4.64. The highest BCUT2D eigenvalue weighted by molar-refractivity contribution is 5.92. The van der Waals surface area contributed by atoms with Gasteiger partial charge in [0.2, 0.25) is 11.9 Å². The highest BCUT2D eigenvalue weighted by Gasteiger charge is 2.21. The lowest BCUT2D eigenvalue weighted by molar-refractivity contribution is -0.120. The van der Waals surface area contributed by atoms with E-state index >= 15 is 0 Å². The molecule has 18 heavy (non-hydrogen) atoms. The molecule has 5 heteroatoms. The van der Waals surface area contributed by atoms with Crippen molar-refractivity contribution in [3.63, 3.8) is 0 Å². The Morgan fingerprint density at radius 2 is 2.28 bits per heavy atom. The smallest absolute Gasteiger partial charge is 0.231 e. The average Bonchev–Trinajstić information content (AvgIpc) is 2.82. The van der Waals surface area contributed by atoms with Crippen LogP contribution in [0.1, 0.15) is 12.8 Å². The van der Waals surface area contributed by atoms with Crippen LogP contribution in [-0.2, 0) is 4.79 Å². The Hall–Kier alpha value is -1.88. The fourth-order valence-electron chi connectivity index (χ4n) is 2.31. The summed E-state index contributed by atoms with van der Waals surface area (Å²) in [5, 5.41) is 6.09. The van der Waals surface area contributed by atoms with Gasteiger partial charge in [-0.2, -0.15) is 0 Å². The second-order valence-electron chi connectivity index (χ2n) is 4.64. The third-order valence-electron chi connectivity index (χ3n) is 3.30. The van der Waals surface area contributed by atoms with Crippen LogP contribution in [0.2, 0.25) is 0 Å². The minimum absolute atomic E-state index is 0.0428. The number of para-hydroxylation sites is 2. The lowest BCUT2D eigenvalue weighted by Crippen LogP contribution is -2.37. The van der Waals surface area contributed by atoms with E-state index < -0.39 is 0 Å². The fraction of sp³-hybridized carbons (Fsp3) is 0.385. The van der Waals surface area contributed by atoms with Gasteiger partial charge in [0.15, 0.2) is 0 Å². The van der Waals surface area contributed by atoms with E-state index in [1.54, 1.807) is 0 Å². The minimum Gasteiger partial charge on any atom is -0.324 e. The quantitative estimate of drug-likeness (QED) is 0.749. The van der Waals surface area contributed by atoms with Crippen LogP contribution >= 0.6 is 0 Å². The summed E-state index contributed by atoms with van der Waals surface area (Å²) in [7, 11) is 0. The summed E-state index contributed by atoms with van der Waals surface area (Å²) in [5.41, 5.74) is 1.81. The van der Waals surface area contributed by atoms with Crippen LogP contribution in [0.4, 0.5) is 5.95 Å². The third kappa shape index (κ3) is 2.22. The van der Waals surface area contributed by atoms with Crippen LogP contribution in [0, 0.1) is 5.92 Å². The first kappa shape index (κ1) is 11.2. The summed E-state index contributed by atoms with van der Waals surface area (Å²) in [6.07, 6.45) is 2.00. The maximum atomic E-state index is 12.0. The molecule has 3 rings (SSSR count). The third-order valence-corrected chi connectivity index (χ3v) is 3.30. The average molecular weight is 244 g/mol. The summed E-state index contributed by atoms with van der Waals surface area (Å²) in [6.45, 7) is 1.76. The zero-order valence-electron chi connectivity index (χ0n) is 10.1. The second kappa shape index (κ2) is 4.78. The lowest BCUT2D eigenvalue weighted by atomic mass is 9.99. The summed E-state index contributed by atoms with van der Waals surface area (Å²) in [6, 6.07) is 7.74. The van der Waals surface area contributed by atoms with E-state index in [-0.39, 0.29) is 11.8 Å². The Bertz CT molecular complexity index is 524. The van der Waals surface area contributed by atoms with Crippen LogP contribution in [0.5, 0.6) is 0 Å². The van der Waals surface area contributed by atoms with Crippen molar-refractivity contribution in [3.05, 3.63) is 24.3 Å². The van der Waals surface area contributed by atoms with Crippen molar-refractivity contribution in [1.82, 2.24) is 15.3 Å². The maximum Gasteiger partial charge on any atom is 0.231 e. The molecule has 0 bridgehead atoms. The number of nitrogens with zero attached hydrogens (tertiary/aromatic N) is 1. The predicted octanol–water partition coefficient (Wildman–Crippen LogP) is 1.50. The molecule has 3 N–H and O–H groups in total. The molecule has 94 valence electrons. The number of anilines is 1. The van der Waals surface area contributed by atoms with Gasteiger partial charge in [0.25, 0.3) is 0 Å². The van der Waals surface area contributed by atoms with Crippen LogP contribution in [-0.4, -0.2) is 29.0 Å². The van der Waals surface area contributed by atoms with Gasteiger partial charge in [-0.1, -0.05) is 12.1 Å². The first-order valence-corrected chi connectivity index (χ1v) is 6.29. The van der Waals surface area contributed by atoms with E-state index in [1.807, 2.05) is 24.3 Å². The Morgan fingerprint density at radius 3 is 3.06 bits per heavy atom. The summed E-state index contributed by atoms with van der Waals surface area (Å²) >= 11 is 0.